The van der Waals surface area contributed by atoms with Crippen LogP contribution in [0.2, 0.25) is 0 Å². The van der Waals surface area contributed by atoms with Gasteiger partial charge in [0, 0.05) is 25.2 Å². The molecule has 0 radical (unpaired) electrons. The third-order valence-electron chi connectivity index (χ3n) is 6.93. The number of hydrogen-bond donors (Lipinski definition) is 1. The Kier molecular flexibility index (Phi) is 7.80. The van der Waals surface area contributed by atoms with Gasteiger partial charge in [0.25, 0.3) is 5.91 Å². The highest BCUT2D eigenvalue weighted by atomic mass is 19.1. The Balaban J connectivity index is 1.36. The number of amides is 1. The highest BCUT2D eigenvalue weighted by molar-refractivity contribution is 5.80. The Morgan fingerprint density at radius 1 is 0.974 bits per heavy atom. The predicted octanol–water partition coefficient (Wildman–Crippen LogP) is 6.20. The van der Waals surface area contributed by atoms with Crippen LogP contribution in [-0.2, 0) is 24.3 Å². The summed E-state index contributed by atoms with van der Waals surface area (Å²) in [5.74, 6) is -0.244. The summed E-state index contributed by atoms with van der Waals surface area (Å²) >= 11 is 0. The van der Waals surface area contributed by atoms with Gasteiger partial charge in [-0.1, -0.05) is 66.7 Å². The molecule has 0 saturated heterocycles. The van der Waals surface area contributed by atoms with Crippen molar-refractivity contribution in [2.75, 3.05) is 6.54 Å². The molecule has 1 amide bonds. The molecular formula is C32H30F2N2O2. The second-order valence-electron chi connectivity index (χ2n) is 9.59. The van der Waals surface area contributed by atoms with Crippen LogP contribution in [0.4, 0.5) is 8.78 Å². The Hall–Kier alpha value is -4.03. The third-order valence-corrected chi connectivity index (χ3v) is 6.93. The first kappa shape index (κ1) is 25.6. The number of benzene rings is 4. The molecule has 38 heavy (non-hydrogen) atoms. The molecule has 0 fully saturated rings. The zero-order valence-electron chi connectivity index (χ0n) is 21.2. The third kappa shape index (κ3) is 5.92. The summed E-state index contributed by atoms with van der Waals surface area (Å²) in [6.45, 7) is 3.19. The second-order valence-corrected chi connectivity index (χ2v) is 9.59. The smallest absolute Gasteiger partial charge is 0.261 e. The number of nitrogens with one attached hydrogen (secondary N) is 1. The number of ether oxygens (including phenoxy) is 1. The largest absolute Gasteiger partial charge is 0.481 e. The van der Waals surface area contributed by atoms with Crippen LogP contribution in [0.5, 0.6) is 5.75 Å². The predicted molar refractivity (Wildman–Crippen MR) is 144 cm³/mol. The summed E-state index contributed by atoms with van der Waals surface area (Å²) in [5, 5.41) is 2.81. The number of carbonyl (C=O) groups is 1. The van der Waals surface area contributed by atoms with E-state index in [0.29, 0.717) is 23.4 Å². The van der Waals surface area contributed by atoms with E-state index in [1.54, 1.807) is 25.1 Å². The summed E-state index contributed by atoms with van der Waals surface area (Å²) in [6.07, 6.45) is 0.0896. The van der Waals surface area contributed by atoms with Crippen LogP contribution >= 0.6 is 0 Å². The van der Waals surface area contributed by atoms with Gasteiger partial charge in [0.15, 0.2) is 6.10 Å². The average molecular weight is 513 g/mol. The Bertz CT molecular complexity index is 1410. The summed E-state index contributed by atoms with van der Waals surface area (Å²) in [4.78, 5) is 15.0. The van der Waals surface area contributed by atoms with Crippen molar-refractivity contribution in [2.24, 2.45) is 0 Å². The van der Waals surface area contributed by atoms with Crippen LogP contribution in [0, 0.1) is 11.6 Å². The molecule has 1 heterocycles. The van der Waals surface area contributed by atoms with Crippen LogP contribution in [0.15, 0.2) is 97.1 Å². The molecule has 194 valence electrons. The van der Waals surface area contributed by atoms with Gasteiger partial charge < -0.3 is 10.1 Å². The van der Waals surface area contributed by atoms with Gasteiger partial charge in [0.2, 0.25) is 0 Å². The minimum Gasteiger partial charge on any atom is -0.481 e. The molecule has 0 saturated carbocycles. The maximum absolute atomic E-state index is 14.5. The maximum Gasteiger partial charge on any atom is 0.261 e. The van der Waals surface area contributed by atoms with Crippen LogP contribution in [0.1, 0.15) is 40.8 Å². The molecule has 1 aliphatic heterocycles. The molecule has 4 nitrogen and oxygen atoms in total. The van der Waals surface area contributed by atoms with Gasteiger partial charge in [-0.3, -0.25) is 9.69 Å². The molecule has 1 aliphatic rings. The molecule has 1 N–H and O–H groups in total. The zero-order chi connectivity index (χ0) is 26.5. The van der Waals surface area contributed by atoms with Crippen molar-refractivity contribution in [1.29, 1.82) is 0 Å². The maximum atomic E-state index is 14.5. The van der Waals surface area contributed by atoms with E-state index in [0.717, 1.165) is 24.1 Å². The van der Waals surface area contributed by atoms with Gasteiger partial charge >= 0.3 is 0 Å². The molecule has 2 atom stereocenters. The van der Waals surface area contributed by atoms with Gasteiger partial charge in [-0.25, -0.2) is 8.78 Å². The molecule has 0 bridgehead atoms. The van der Waals surface area contributed by atoms with Crippen LogP contribution in [-0.4, -0.2) is 23.5 Å². The summed E-state index contributed by atoms with van der Waals surface area (Å²) < 4.78 is 34.0. The van der Waals surface area contributed by atoms with E-state index in [2.05, 4.69) is 28.4 Å². The van der Waals surface area contributed by atoms with E-state index < -0.39 is 6.10 Å². The zero-order valence-corrected chi connectivity index (χ0v) is 21.2. The van der Waals surface area contributed by atoms with Crippen LogP contribution < -0.4 is 10.1 Å². The van der Waals surface area contributed by atoms with Crippen molar-refractivity contribution >= 4 is 5.91 Å². The molecule has 0 aromatic heterocycles. The van der Waals surface area contributed by atoms with Crippen molar-refractivity contribution < 1.29 is 18.3 Å². The van der Waals surface area contributed by atoms with Gasteiger partial charge in [-0.05, 0) is 65.9 Å². The van der Waals surface area contributed by atoms with E-state index in [4.69, 9.17) is 4.74 Å². The van der Waals surface area contributed by atoms with Gasteiger partial charge in [0.05, 0.1) is 6.04 Å². The fraction of sp³-hybridized carbons (Fsp3) is 0.219. The highest BCUT2D eigenvalue weighted by Crippen LogP contribution is 2.38. The lowest BCUT2D eigenvalue weighted by Gasteiger charge is -2.38. The van der Waals surface area contributed by atoms with E-state index in [-0.39, 0.29) is 30.1 Å². The summed E-state index contributed by atoms with van der Waals surface area (Å²) in [5.41, 5.74) is 4.75. The lowest BCUT2D eigenvalue weighted by atomic mass is 9.87. The van der Waals surface area contributed by atoms with Crippen molar-refractivity contribution in [2.45, 2.75) is 38.6 Å². The summed E-state index contributed by atoms with van der Waals surface area (Å²) in [7, 11) is 0. The Morgan fingerprint density at radius 2 is 1.76 bits per heavy atom. The Morgan fingerprint density at radius 3 is 2.55 bits per heavy atom. The lowest BCUT2D eigenvalue weighted by molar-refractivity contribution is -0.127. The van der Waals surface area contributed by atoms with Gasteiger partial charge in [-0.2, -0.15) is 0 Å². The van der Waals surface area contributed by atoms with E-state index in [1.165, 1.54) is 23.8 Å². The molecule has 0 unspecified atom stereocenters. The number of fused-ring (bicyclic) bond motifs is 1. The fourth-order valence-electron chi connectivity index (χ4n) is 5.00. The SMILES string of the molecule is C[C@@H](Oc1ccc2c(c1)[C@@H](c1ccccc1)N(Cc1ccccc1F)CC2)C(=O)NCc1cccc(F)c1. The molecular weight excluding hydrogens is 482 g/mol. The first-order chi connectivity index (χ1) is 18.5. The van der Waals surface area contributed by atoms with Gasteiger partial charge in [-0.15, -0.1) is 0 Å². The van der Waals surface area contributed by atoms with Crippen molar-refractivity contribution in [3.63, 3.8) is 0 Å². The fourth-order valence-corrected chi connectivity index (χ4v) is 5.00. The topological polar surface area (TPSA) is 41.6 Å². The second kappa shape index (κ2) is 11.6. The van der Waals surface area contributed by atoms with E-state index in [1.807, 2.05) is 42.5 Å². The van der Waals surface area contributed by atoms with E-state index >= 15 is 0 Å². The molecule has 4 aromatic carbocycles. The monoisotopic (exact) mass is 512 g/mol. The highest BCUT2D eigenvalue weighted by Gasteiger charge is 2.30. The molecule has 0 aliphatic carbocycles. The first-order valence-electron chi connectivity index (χ1n) is 12.8. The van der Waals surface area contributed by atoms with Crippen molar-refractivity contribution in [3.05, 3.63) is 137 Å². The minimum atomic E-state index is -0.741. The number of rotatable bonds is 8. The van der Waals surface area contributed by atoms with Crippen LogP contribution in [0.3, 0.4) is 0 Å². The van der Waals surface area contributed by atoms with Crippen molar-refractivity contribution in [3.8, 4) is 5.75 Å². The number of carbonyl (C=O) groups excluding carboxylic acids is 1. The lowest BCUT2D eigenvalue weighted by Crippen LogP contribution is -2.37. The number of nitrogens with zero attached hydrogens (tertiary/aromatic N) is 1. The average Bonchev–Trinajstić information content (AvgIpc) is 2.93. The van der Waals surface area contributed by atoms with Crippen molar-refractivity contribution in [1.82, 2.24) is 10.2 Å². The number of halogens is 2. The molecule has 6 heteroatoms. The normalized spacial score (nSPS) is 15.9. The minimum absolute atomic E-state index is 0.0831. The quantitative estimate of drug-likeness (QED) is 0.306. The first-order valence-corrected chi connectivity index (χ1v) is 12.8. The van der Waals surface area contributed by atoms with E-state index in [9.17, 15) is 13.6 Å². The molecule has 4 aromatic rings. The molecule has 5 rings (SSSR count). The Labute approximate surface area is 221 Å². The van der Waals surface area contributed by atoms with Crippen LogP contribution in [0.25, 0.3) is 0 Å². The molecule has 0 spiro atoms. The van der Waals surface area contributed by atoms with Gasteiger partial charge in [0.1, 0.15) is 17.4 Å². The standard InChI is InChI=1S/C32H30F2N2O2/c1-22(32(37)35-20-23-8-7-12-27(33)18-23)38-28-15-14-24-16-17-36(21-26-11-5-6-13-30(26)34)31(29(24)19-28)25-9-3-2-4-10-25/h2-15,18-19,22,31H,16-17,20-21H2,1H3,(H,35,37)/t22-,31-/m1/s1. The summed E-state index contributed by atoms with van der Waals surface area (Å²) in [6, 6.07) is 29.1. The number of hydrogen-bond acceptors (Lipinski definition) is 3.